The summed E-state index contributed by atoms with van der Waals surface area (Å²) in [4.78, 5) is 11.3. The molecule has 1 aromatic carbocycles. The maximum absolute atomic E-state index is 5.74. The second-order valence-electron chi connectivity index (χ2n) is 7.48. The van der Waals surface area contributed by atoms with Crippen molar-refractivity contribution in [2.75, 3.05) is 32.7 Å². The quantitative estimate of drug-likeness (QED) is 0.615. The van der Waals surface area contributed by atoms with Gasteiger partial charge < -0.3 is 24.9 Å². The highest BCUT2D eigenvalue weighted by atomic mass is 16.5. The average Bonchev–Trinajstić information content (AvgIpc) is 3.51. The van der Waals surface area contributed by atoms with Gasteiger partial charge in [-0.3, -0.25) is 0 Å². The number of hydrogen-bond acceptors (Lipinski definition) is 6. The van der Waals surface area contributed by atoms with E-state index in [-0.39, 0.29) is 7.53 Å². The number of aromatic amines is 1. The standard InChI is InChI=1S/C13H18O3.C9H10N4.H2/c1-14-7-4-8-15-12-9-11-5-2-3-6-13(11)16-10-12;10-8-6-3-7(5-1-2-5)13-9(6)12-4-11-8;/h2-3,5-6,12H,4,7-10H2,1H3;3-5H,1-2H2,(H3,10,11,12,13);1H/t12-;;/m1../s1. The largest absolute Gasteiger partial charge is 0.491 e. The topological polar surface area (TPSA) is 95.3 Å². The molecule has 5 rings (SSSR count). The Morgan fingerprint density at radius 1 is 1.24 bits per heavy atom. The molecule has 7 heteroatoms. The Morgan fingerprint density at radius 2 is 2.10 bits per heavy atom. The van der Waals surface area contributed by atoms with Crippen LogP contribution in [-0.2, 0) is 15.9 Å². The van der Waals surface area contributed by atoms with E-state index >= 15 is 0 Å². The number of nitrogens with zero attached hydrogens (tertiary/aromatic N) is 2. The third-order valence-electron chi connectivity index (χ3n) is 5.19. The lowest BCUT2D eigenvalue weighted by molar-refractivity contribution is 0.00338. The predicted octanol–water partition coefficient (Wildman–Crippen LogP) is 3.71. The number of H-pyrrole nitrogens is 1. The Balaban J connectivity index is 0.000000168. The van der Waals surface area contributed by atoms with Crippen molar-refractivity contribution >= 4 is 16.9 Å². The number of fused-ring (bicyclic) bond motifs is 2. The maximum atomic E-state index is 5.74. The number of benzene rings is 1. The fourth-order valence-electron chi connectivity index (χ4n) is 3.45. The molecule has 0 amide bonds. The summed E-state index contributed by atoms with van der Waals surface area (Å²) >= 11 is 0. The number of anilines is 1. The molecular formula is C22H30N4O3. The monoisotopic (exact) mass is 398 g/mol. The highest BCUT2D eigenvalue weighted by Gasteiger charge is 2.25. The molecule has 7 nitrogen and oxygen atoms in total. The van der Waals surface area contributed by atoms with E-state index in [4.69, 9.17) is 19.9 Å². The van der Waals surface area contributed by atoms with Gasteiger partial charge in [0, 0.05) is 33.9 Å². The van der Waals surface area contributed by atoms with Gasteiger partial charge in [-0.05, 0) is 42.9 Å². The first-order valence-electron chi connectivity index (χ1n) is 10.1. The van der Waals surface area contributed by atoms with Gasteiger partial charge in [0.2, 0.25) is 0 Å². The molecule has 3 heterocycles. The van der Waals surface area contributed by atoms with Crippen LogP contribution in [0.1, 0.15) is 37.9 Å². The van der Waals surface area contributed by atoms with Crippen LogP contribution in [0.25, 0.3) is 11.0 Å². The predicted molar refractivity (Wildman–Crippen MR) is 114 cm³/mol. The lowest BCUT2D eigenvalue weighted by atomic mass is 10.0. The molecule has 2 aliphatic rings. The van der Waals surface area contributed by atoms with Crippen LogP contribution in [0.3, 0.4) is 0 Å². The van der Waals surface area contributed by atoms with Crippen molar-refractivity contribution in [1.82, 2.24) is 15.0 Å². The van der Waals surface area contributed by atoms with E-state index in [1.54, 1.807) is 7.11 Å². The summed E-state index contributed by atoms with van der Waals surface area (Å²) < 4.78 is 16.3. The third-order valence-corrected chi connectivity index (χ3v) is 5.19. The van der Waals surface area contributed by atoms with Crippen LogP contribution >= 0.6 is 0 Å². The third kappa shape index (κ3) is 5.05. The van der Waals surface area contributed by atoms with Crippen LogP contribution in [0.4, 0.5) is 5.82 Å². The van der Waals surface area contributed by atoms with E-state index in [2.05, 4.69) is 27.1 Å². The summed E-state index contributed by atoms with van der Waals surface area (Å²) in [6.07, 6.45) is 6.12. The molecule has 1 saturated carbocycles. The van der Waals surface area contributed by atoms with Gasteiger partial charge in [0.15, 0.2) is 0 Å². The zero-order valence-electron chi connectivity index (χ0n) is 16.8. The first-order valence-corrected chi connectivity index (χ1v) is 10.1. The minimum atomic E-state index is 0. The van der Waals surface area contributed by atoms with Crippen LogP contribution < -0.4 is 10.5 Å². The zero-order chi connectivity index (χ0) is 20.1. The second kappa shape index (κ2) is 9.24. The van der Waals surface area contributed by atoms with Crippen molar-refractivity contribution in [2.45, 2.75) is 37.7 Å². The van der Waals surface area contributed by atoms with Gasteiger partial charge in [0.25, 0.3) is 0 Å². The minimum Gasteiger partial charge on any atom is -0.491 e. The van der Waals surface area contributed by atoms with Gasteiger partial charge in [-0.1, -0.05) is 18.2 Å². The number of nitrogens with two attached hydrogens (primary N) is 1. The molecule has 0 saturated heterocycles. The number of ether oxygens (including phenoxy) is 3. The van der Waals surface area contributed by atoms with Gasteiger partial charge in [-0.2, -0.15) is 0 Å². The van der Waals surface area contributed by atoms with Crippen molar-refractivity contribution in [1.29, 1.82) is 0 Å². The van der Waals surface area contributed by atoms with Crippen LogP contribution in [0.5, 0.6) is 5.75 Å². The molecule has 29 heavy (non-hydrogen) atoms. The number of methoxy groups -OCH3 is 1. The van der Waals surface area contributed by atoms with E-state index in [0.717, 1.165) is 42.8 Å². The van der Waals surface area contributed by atoms with Crippen molar-refractivity contribution in [3.05, 3.63) is 47.9 Å². The first kappa shape index (κ1) is 19.7. The molecule has 1 aliphatic carbocycles. The molecule has 3 aromatic rings. The van der Waals surface area contributed by atoms with Crippen LogP contribution in [0, 0.1) is 0 Å². The highest BCUT2D eigenvalue weighted by molar-refractivity contribution is 5.86. The molecule has 1 fully saturated rings. The Labute approximate surface area is 172 Å². The first-order chi connectivity index (χ1) is 14.2. The minimum absolute atomic E-state index is 0. The van der Waals surface area contributed by atoms with E-state index in [1.807, 2.05) is 18.2 Å². The molecule has 0 radical (unpaired) electrons. The Bertz CT molecular complexity index is 945. The Kier molecular flexibility index (Phi) is 6.27. The number of nitrogen functional groups attached to an aromatic ring is 1. The van der Waals surface area contributed by atoms with E-state index < -0.39 is 0 Å². The summed E-state index contributed by atoms with van der Waals surface area (Å²) in [6, 6.07) is 10.2. The fourth-order valence-corrected chi connectivity index (χ4v) is 3.45. The maximum Gasteiger partial charge on any atom is 0.143 e. The van der Waals surface area contributed by atoms with Gasteiger partial charge in [0.1, 0.15) is 30.1 Å². The highest BCUT2D eigenvalue weighted by Crippen LogP contribution is 2.40. The summed E-state index contributed by atoms with van der Waals surface area (Å²) in [6.45, 7) is 2.15. The average molecular weight is 399 g/mol. The van der Waals surface area contributed by atoms with Crippen LogP contribution in [0.2, 0.25) is 0 Å². The van der Waals surface area contributed by atoms with E-state index in [1.165, 1.54) is 30.4 Å². The number of para-hydroxylation sites is 1. The summed E-state index contributed by atoms with van der Waals surface area (Å²) in [7, 11) is 1.71. The van der Waals surface area contributed by atoms with Gasteiger partial charge in [-0.25, -0.2) is 9.97 Å². The van der Waals surface area contributed by atoms with Gasteiger partial charge in [0.05, 0.1) is 11.5 Å². The van der Waals surface area contributed by atoms with Gasteiger partial charge >= 0.3 is 0 Å². The lowest BCUT2D eigenvalue weighted by Gasteiger charge is -2.25. The van der Waals surface area contributed by atoms with Crippen molar-refractivity contribution < 1.29 is 15.6 Å². The van der Waals surface area contributed by atoms with Gasteiger partial charge in [-0.15, -0.1) is 0 Å². The molecule has 1 aliphatic heterocycles. The zero-order valence-corrected chi connectivity index (χ0v) is 16.8. The summed E-state index contributed by atoms with van der Waals surface area (Å²) in [5.74, 6) is 2.26. The molecule has 2 aromatic heterocycles. The number of rotatable bonds is 6. The molecular weight excluding hydrogens is 368 g/mol. The summed E-state index contributed by atoms with van der Waals surface area (Å²) in [5, 5.41) is 0.949. The molecule has 0 unspecified atom stereocenters. The molecule has 0 spiro atoms. The molecule has 3 N–H and O–H groups in total. The molecule has 0 bridgehead atoms. The second-order valence-corrected chi connectivity index (χ2v) is 7.48. The number of aromatic nitrogens is 3. The SMILES string of the molecule is COCCCO[C@H]1COc2ccccc2C1.Nc1ncnc2[nH]c(C3CC3)cc12.[HH]. The normalized spacial score (nSPS) is 17.9. The fraction of sp³-hybridized carbons (Fsp3) is 0.455. The summed E-state index contributed by atoms with van der Waals surface area (Å²) in [5.41, 5.74) is 9.07. The van der Waals surface area contributed by atoms with E-state index in [0.29, 0.717) is 18.3 Å². The molecule has 1 atom stereocenters. The number of hydrogen-bond donors (Lipinski definition) is 2. The smallest absolute Gasteiger partial charge is 0.143 e. The lowest BCUT2D eigenvalue weighted by Crippen LogP contribution is -2.29. The van der Waals surface area contributed by atoms with Crippen LogP contribution in [0.15, 0.2) is 36.7 Å². The number of nitrogens with one attached hydrogen (secondary N) is 1. The van der Waals surface area contributed by atoms with E-state index in [9.17, 15) is 0 Å². The Morgan fingerprint density at radius 3 is 2.90 bits per heavy atom. The molecule has 156 valence electrons. The van der Waals surface area contributed by atoms with Crippen molar-refractivity contribution in [3.63, 3.8) is 0 Å². The Hall–Kier alpha value is -2.64. The van der Waals surface area contributed by atoms with Crippen molar-refractivity contribution in [2.24, 2.45) is 0 Å². The van der Waals surface area contributed by atoms with Crippen LogP contribution in [-0.4, -0.2) is 48.0 Å². The van der Waals surface area contributed by atoms with Crippen molar-refractivity contribution in [3.8, 4) is 5.75 Å².